The van der Waals surface area contributed by atoms with Gasteiger partial charge < -0.3 is 0 Å². The maximum absolute atomic E-state index is 11.6. The summed E-state index contributed by atoms with van der Waals surface area (Å²) in [7, 11) is 0. The van der Waals surface area contributed by atoms with E-state index in [0.717, 1.165) is 47.4 Å². The second kappa shape index (κ2) is 6.91. The fourth-order valence-electron chi connectivity index (χ4n) is 1.64. The lowest BCUT2D eigenvalue weighted by molar-refractivity contribution is 0.573. The van der Waals surface area contributed by atoms with Crippen molar-refractivity contribution in [2.75, 3.05) is 0 Å². The second-order valence-corrected chi connectivity index (χ2v) is 6.08. The highest BCUT2D eigenvalue weighted by Gasteiger charge is 2.09. The molecule has 0 aliphatic rings. The highest BCUT2D eigenvalue weighted by Crippen LogP contribution is 2.21. The van der Waals surface area contributed by atoms with Gasteiger partial charge in [-0.25, -0.2) is 14.9 Å². The second-order valence-electron chi connectivity index (χ2n) is 4.19. The molecule has 2 aromatic rings. The van der Waals surface area contributed by atoms with Gasteiger partial charge in [-0.05, 0) is 12.8 Å². The molecular formula is C12H18N4OS2. The predicted octanol–water partition coefficient (Wildman–Crippen LogP) is 2.68. The van der Waals surface area contributed by atoms with E-state index in [2.05, 4.69) is 34.4 Å². The van der Waals surface area contributed by atoms with Gasteiger partial charge in [0, 0.05) is 17.7 Å². The van der Waals surface area contributed by atoms with Crippen LogP contribution in [0.25, 0.3) is 0 Å². The maximum Gasteiger partial charge on any atom is 0.343 e. The highest BCUT2D eigenvalue weighted by atomic mass is 32.2. The Morgan fingerprint density at radius 1 is 1.47 bits per heavy atom. The van der Waals surface area contributed by atoms with Gasteiger partial charge in [0.25, 0.3) is 0 Å². The van der Waals surface area contributed by atoms with Crippen molar-refractivity contribution in [1.29, 1.82) is 0 Å². The lowest BCUT2D eigenvalue weighted by Gasteiger charge is -2.03. The zero-order valence-electron chi connectivity index (χ0n) is 11.2. The maximum atomic E-state index is 11.6. The molecule has 7 heteroatoms. The van der Waals surface area contributed by atoms with Gasteiger partial charge >= 0.3 is 5.69 Å². The van der Waals surface area contributed by atoms with Crippen LogP contribution in [0.15, 0.2) is 15.3 Å². The topological polar surface area (TPSA) is 63.6 Å². The van der Waals surface area contributed by atoms with Crippen LogP contribution in [-0.2, 0) is 18.7 Å². The molecule has 5 nitrogen and oxygen atoms in total. The summed E-state index contributed by atoms with van der Waals surface area (Å²) < 4.78 is 1.71. The molecule has 0 amide bonds. The molecule has 0 aromatic carbocycles. The van der Waals surface area contributed by atoms with E-state index >= 15 is 0 Å². The van der Waals surface area contributed by atoms with E-state index in [1.165, 1.54) is 0 Å². The number of hydrogen-bond donors (Lipinski definition) is 1. The highest BCUT2D eigenvalue weighted by molar-refractivity contribution is 7.98. The summed E-state index contributed by atoms with van der Waals surface area (Å²) in [6, 6.07) is 0. The number of nitrogens with one attached hydrogen (secondary N) is 1. The van der Waals surface area contributed by atoms with Crippen LogP contribution in [0.4, 0.5) is 0 Å². The monoisotopic (exact) mass is 298 g/mol. The summed E-state index contributed by atoms with van der Waals surface area (Å²) in [5.41, 5.74) is 0.938. The molecule has 0 aliphatic heterocycles. The summed E-state index contributed by atoms with van der Waals surface area (Å²) in [6.07, 6.45) is 3.02. The number of thioether (sulfide) groups is 1. The SMILES string of the molecule is CCCCn1c(SCc2csc(CC)n2)n[nH]c1=O. The van der Waals surface area contributed by atoms with Crippen LogP contribution < -0.4 is 5.69 Å². The van der Waals surface area contributed by atoms with E-state index in [1.807, 2.05) is 0 Å². The minimum Gasteiger partial charge on any atom is -0.270 e. The number of thiazole rings is 1. The van der Waals surface area contributed by atoms with E-state index in [9.17, 15) is 4.79 Å². The third kappa shape index (κ3) is 3.70. The zero-order chi connectivity index (χ0) is 13.7. The third-order valence-corrected chi connectivity index (χ3v) is 4.76. The molecule has 0 bridgehead atoms. The molecule has 2 aromatic heterocycles. The normalized spacial score (nSPS) is 11.1. The Balaban J connectivity index is 2.00. The third-order valence-electron chi connectivity index (χ3n) is 2.71. The summed E-state index contributed by atoms with van der Waals surface area (Å²) in [5, 5.41) is 10.6. The number of rotatable bonds is 7. The average Bonchev–Trinajstić information content (AvgIpc) is 3.01. The Morgan fingerprint density at radius 2 is 2.32 bits per heavy atom. The van der Waals surface area contributed by atoms with E-state index in [4.69, 9.17) is 0 Å². The van der Waals surface area contributed by atoms with Gasteiger partial charge in [0.1, 0.15) is 0 Å². The van der Waals surface area contributed by atoms with Gasteiger partial charge in [0.05, 0.1) is 10.7 Å². The van der Waals surface area contributed by atoms with Crippen LogP contribution >= 0.6 is 23.1 Å². The van der Waals surface area contributed by atoms with Crippen molar-refractivity contribution in [3.8, 4) is 0 Å². The van der Waals surface area contributed by atoms with Crippen LogP contribution in [-0.4, -0.2) is 19.7 Å². The van der Waals surface area contributed by atoms with Gasteiger partial charge in [0.2, 0.25) is 0 Å². The van der Waals surface area contributed by atoms with Crippen LogP contribution in [0.2, 0.25) is 0 Å². The fourth-order valence-corrected chi connectivity index (χ4v) is 3.36. The number of aromatic amines is 1. The van der Waals surface area contributed by atoms with E-state index in [-0.39, 0.29) is 5.69 Å². The van der Waals surface area contributed by atoms with Crippen LogP contribution in [0.1, 0.15) is 37.4 Å². The smallest absolute Gasteiger partial charge is 0.270 e. The van der Waals surface area contributed by atoms with E-state index in [0.29, 0.717) is 0 Å². The lowest BCUT2D eigenvalue weighted by Crippen LogP contribution is -2.17. The molecule has 2 heterocycles. The minimum atomic E-state index is -0.122. The largest absolute Gasteiger partial charge is 0.343 e. The lowest BCUT2D eigenvalue weighted by atomic mass is 10.3. The quantitative estimate of drug-likeness (QED) is 0.798. The molecule has 0 radical (unpaired) electrons. The number of unbranched alkanes of at least 4 members (excludes halogenated alkanes) is 1. The molecule has 0 unspecified atom stereocenters. The number of H-pyrrole nitrogens is 1. The molecule has 0 saturated carbocycles. The van der Waals surface area contributed by atoms with Gasteiger partial charge in [-0.15, -0.1) is 16.4 Å². The number of nitrogens with zero attached hydrogens (tertiary/aromatic N) is 3. The summed E-state index contributed by atoms with van der Waals surface area (Å²) >= 11 is 3.25. The number of hydrogen-bond acceptors (Lipinski definition) is 5. The summed E-state index contributed by atoms with van der Waals surface area (Å²) in [5.74, 6) is 0.757. The number of aryl methyl sites for hydroxylation is 1. The van der Waals surface area contributed by atoms with Crippen molar-refractivity contribution < 1.29 is 0 Å². The standard InChI is InChI=1S/C12H18N4OS2/c1-3-5-6-16-11(17)14-15-12(16)19-8-9-7-18-10(4-2)13-9/h7H,3-6,8H2,1-2H3,(H,14,17). The summed E-state index contributed by atoms with van der Waals surface area (Å²) in [6.45, 7) is 4.94. The molecule has 0 fully saturated rings. The Labute approximate surface area is 120 Å². The van der Waals surface area contributed by atoms with Crippen molar-refractivity contribution in [3.63, 3.8) is 0 Å². The average molecular weight is 298 g/mol. The predicted molar refractivity (Wildman–Crippen MR) is 78.8 cm³/mol. The van der Waals surface area contributed by atoms with Crippen molar-refractivity contribution in [3.05, 3.63) is 26.6 Å². The molecule has 104 valence electrons. The Morgan fingerprint density at radius 3 is 3.00 bits per heavy atom. The van der Waals surface area contributed by atoms with Crippen molar-refractivity contribution in [2.45, 2.75) is 50.6 Å². The molecular weight excluding hydrogens is 280 g/mol. The zero-order valence-corrected chi connectivity index (χ0v) is 12.8. The number of aromatic nitrogens is 4. The molecule has 0 saturated heterocycles. The Kier molecular flexibility index (Phi) is 5.21. The van der Waals surface area contributed by atoms with Crippen LogP contribution in [0.5, 0.6) is 0 Å². The molecule has 19 heavy (non-hydrogen) atoms. The Hall–Kier alpha value is -1.08. The van der Waals surface area contributed by atoms with Crippen molar-refractivity contribution >= 4 is 23.1 Å². The first-order valence-corrected chi connectivity index (χ1v) is 8.32. The fraction of sp³-hybridized carbons (Fsp3) is 0.583. The molecule has 0 aliphatic carbocycles. The van der Waals surface area contributed by atoms with E-state index in [1.54, 1.807) is 27.7 Å². The van der Waals surface area contributed by atoms with Gasteiger partial charge in [-0.2, -0.15) is 0 Å². The van der Waals surface area contributed by atoms with Crippen molar-refractivity contribution in [1.82, 2.24) is 19.7 Å². The van der Waals surface area contributed by atoms with Crippen molar-refractivity contribution in [2.24, 2.45) is 0 Å². The Bertz CT molecular complexity index is 572. The van der Waals surface area contributed by atoms with Gasteiger partial charge in [-0.1, -0.05) is 32.0 Å². The molecule has 0 atom stereocenters. The summed E-state index contributed by atoms with van der Waals surface area (Å²) in [4.78, 5) is 16.1. The van der Waals surface area contributed by atoms with E-state index < -0.39 is 0 Å². The van der Waals surface area contributed by atoms with Gasteiger partial charge in [0.15, 0.2) is 5.16 Å². The van der Waals surface area contributed by atoms with Crippen LogP contribution in [0, 0.1) is 0 Å². The first-order valence-electron chi connectivity index (χ1n) is 6.45. The molecule has 0 spiro atoms. The van der Waals surface area contributed by atoms with Gasteiger partial charge in [-0.3, -0.25) is 4.57 Å². The first-order chi connectivity index (χ1) is 9.24. The molecule has 1 N–H and O–H groups in total. The van der Waals surface area contributed by atoms with Crippen LogP contribution in [0.3, 0.4) is 0 Å². The first kappa shape index (κ1) is 14.3. The minimum absolute atomic E-state index is 0.122. The molecule has 2 rings (SSSR count).